The molecule has 0 spiro atoms. The van der Waals surface area contributed by atoms with Crippen molar-refractivity contribution in [3.63, 3.8) is 0 Å². The molecule has 2 heteroatoms. The lowest BCUT2D eigenvalue weighted by molar-refractivity contribution is 1.21. The Morgan fingerprint density at radius 3 is 2.73 bits per heavy atom. The molecule has 0 unspecified atom stereocenters. The summed E-state index contributed by atoms with van der Waals surface area (Å²) in [4.78, 5) is 8.70. The third kappa shape index (κ3) is 1.18. The lowest BCUT2D eigenvalue weighted by Crippen LogP contribution is -1.87. The lowest BCUT2D eigenvalue weighted by Gasteiger charge is -2.03. The fraction of sp³-hybridized carbons (Fsp3) is 0.0769. The zero-order valence-electron chi connectivity index (χ0n) is 8.44. The van der Waals surface area contributed by atoms with Gasteiger partial charge in [-0.25, -0.2) is 0 Å². The average molecular weight is 194 g/mol. The highest BCUT2D eigenvalue weighted by Gasteiger charge is 2.02. The van der Waals surface area contributed by atoms with Gasteiger partial charge in [-0.05, 0) is 18.4 Å². The standard InChI is InChI=1S/C13H10N2/c1-9-13-12(6-7-14-9)11-5-3-2-4-10(11)8-15-13/h2-8H,1H3. The Morgan fingerprint density at radius 2 is 1.80 bits per heavy atom. The molecule has 0 aliphatic carbocycles. The molecular formula is C13H10N2. The Balaban J connectivity index is 2.60. The maximum atomic E-state index is 4.45. The van der Waals surface area contributed by atoms with Crippen molar-refractivity contribution < 1.29 is 0 Å². The fourth-order valence-corrected chi connectivity index (χ4v) is 1.93. The predicted octanol–water partition coefficient (Wildman–Crippen LogP) is 3.09. The molecule has 0 saturated carbocycles. The largest absolute Gasteiger partial charge is 0.259 e. The van der Waals surface area contributed by atoms with E-state index in [-0.39, 0.29) is 0 Å². The Kier molecular flexibility index (Phi) is 1.68. The van der Waals surface area contributed by atoms with Crippen LogP contribution >= 0.6 is 0 Å². The third-order valence-electron chi connectivity index (χ3n) is 2.69. The predicted molar refractivity (Wildman–Crippen MR) is 61.8 cm³/mol. The molecule has 2 aromatic heterocycles. The van der Waals surface area contributed by atoms with Gasteiger partial charge in [0.15, 0.2) is 0 Å². The van der Waals surface area contributed by atoms with E-state index in [1.54, 1.807) is 0 Å². The van der Waals surface area contributed by atoms with Gasteiger partial charge in [0.2, 0.25) is 0 Å². The molecule has 2 heterocycles. The molecule has 0 atom stereocenters. The van der Waals surface area contributed by atoms with Gasteiger partial charge in [0.25, 0.3) is 0 Å². The second-order valence-corrected chi connectivity index (χ2v) is 3.64. The summed E-state index contributed by atoms with van der Waals surface area (Å²) >= 11 is 0. The second kappa shape index (κ2) is 3.02. The first kappa shape index (κ1) is 8.36. The summed E-state index contributed by atoms with van der Waals surface area (Å²) in [5.41, 5.74) is 1.98. The van der Waals surface area contributed by atoms with Crippen molar-refractivity contribution in [1.29, 1.82) is 0 Å². The number of hydrogen-bond acceptors (Lipinski definition) is 2. The SMILES string of the molecule is Cc1nccc2c1ncc1ccccc12. The normalized spacial score (nSPS) is 11.0. The summed E-state index contributed by atoms with van der Waals surface area (Å²) in [6, 6.07) is 10.3. The van der Waals surface area contributed by atoms with Crippen molar-refractivity contribution in [3.8, 4) is 0 Å². The third-order valence-corrected chi connectivity index (χ3v) is 2.69. The number of fused-ring (bicyclic) bond motifs is 3. The summed E-state index contributed by atoms with van der Waals surface area (Å²) in [7, 11) is 0. The smallest absolute Gasteiger partial charge is 0.0920 e. The van der Waals surface area contributed by atoms with Crippen molar-refractivity contribution in [2.45, 2.75) is 6.92 Å². The Labute approximate surface area is 87.6 Å². The molecule has 0 fully saturated rings. The van der Waals surface area contributed by atoms with E-state index in [2.05, 4.69) is 28.2 Å². The molecule has 0 bridgehead atoms. The quantitative estimate of drug-likeness (QED) is 0.514. The van der Waals surface area contributed by atoms with Gasteiger partial charge in [-0.15, -0.1) is 0 Å². The summed E-state index contributed by atoms with van der Waals surface area (Å²) in [6.45, 7) is 1.99. The maximum absolute atomic E-state index is 4.45. The number of aromatic nitrogens is 2. The number of nitrogens with zero attached hydrogens (tertiary/aromatic N) is 2. The summed E-state index contributed by atoms with van der Waals surface area (Å²) in [5.74, 6) is 0. The van der Waals surface area contributed by atoms with Gasteiger partial charge >= 0.3 is 0 Å². The molecule has 0 amide bonds. The second-order valence-electron chi connectivity index (χ2n) is 3.64. The first-order valence-electron chi connectivity index (χ1n) is 4.95. The summed E-state index contributed by atoms with van der Waals surface area (Å²) < 4.78 is 0. The van der Waals surface area contributed by atoms with E-state index in [0.717, 1.165) is 11.2 Å². The summed E-state index contributed by atoms with van der Waals surface area (Å²) in [5, 5.41) is 3.60. The van der Waals surface area contributed by atoms with Crippen LogP contribution in [0.5, 0.6) is 0 Å². The van der Waals surface area contributed by atoms with E-state index in [9.17, 15) is 0 Å². The van der Waals surface area contributed by atoms with Crippen LogP contribution in [-0.4, -0.2) is 9.97 Å². The van der Waals surface area contributed by atoms with Gasteiger partial charge in [-0.2, -0.15) is 0 Å². The number of benzene rings is 1. The van der Waals surface area contributed by atoms with Crippen molar-refractivity contribution in [3.05, 3.63) is 48.4 Å². The van der Waals surface area contributed by atoms with Crippen LogP contribution in [0.15, 0.2) is 42.7 Å². The van der Waals surface area contributed by atoms with E-state index in [1.807, 2.05) is 31.5 Å². The average Bonchev–Trinajstić information content (AvgIpc) is 2.29. The number of hydrogen-bond donors (Lipinski definition) is 0. The molecule has 0 radical (unpaired) electrons. The lowest BCUT2D eigenvalue weighted by atomic mass is 10.1. The topological polar surface area (TPSA) is 25.8 Å². The Hall–Kier alpha value is -1.96. The molecule has 0 aliphatic heterocycles. The van der Waals surface area contributed by atoms with Gasteiger partial charge in [0, 0.05) is 23.2 Å². The van der Waals surface area contributed by atoms with Crippen LogP contribution in [0.25, 0.3) is 21.7 Å². The van der Waals surface area contributed by atoms with Crippen molar-refractivity contribution in [1.82, 2.24) is 9.97 Å². The van der Waals surface area contributed by atoms with Crippen molar-refractivity contribution in [2.24, 2.45) is 0 Å². The Bertz CT molecular complexity index is 644. The van der Waals surface area contributed by atoms with Gasteiger partial charge in [0.1, 0.15) is 0 Å². The van der Waals surface area contributed by atoms with E-state index >= 15 is 0 Å². The zero-order chi connectivity index (χ0) is 10.3. The minimum Gasteiger partial charge on any atom is -0.259 e. The molecule has 3 rings (SSSR count). The fourth-order valence-electron chi connectivity index (χ4n) is 1.93. The highest BCUT2D eigenvalue weighted by molar-refractivity contribution is 6.05. The molecule has 0 aliphatic rings. The summed E-state index contributed by atoms with van der Waals surface area (Å²) in [6.07, 6.45) is 3.75. The number of rotatable bonds is 0. The molecule has 3 aromatic rings. The van der Waals surface area contributed by atoms with Crippen LogP contribution in [0, 0.1) is 6.92 Å². The monoisotopic (exact) mass is 194 g/mol. The van der Waals surface area contributed by atoms with E-state index < -0.39 is 0 Å². The minimum atomic E-state index is 0.984. The van der Waals surface area contributed by atoms with Crippen LogP contribution in [0.1, 0.15) is 5.69 Å². The Morgan fingerprint density at radius 1 is 0.933 bits per heavy atom. The molecular weight excluding hydrogens is 184 g/mol. The molecule has 2 nitrogen and oxygen atoms in total. The molecule has 1 aromatic carbocycles. The van der Waals surface area contributed by atoms with Crippen LogP contribution in [-0.2, 0) is 0 Å². The maximum Gasteiger partial charge on any atom is 0.0920 e. The van der Waals surface area contributed by atoms with E-state index in [0.29, 0.717) is 0 Å². The van der Waals surface area contributed by atoms with Crippen LogP contribution in [0.4, 0.5) is 0 Å². The van der Waals surface area contributed by atoms with Crippen molar-refractivity contribution in [2.75, 3.05) is 0 Å². The number of pyridine rings is 2. The first-order valence-corrected chi connectivity index (χ1v) is 4.95. The molecule has 72 valence electrons. The zero-order valence-corrected chi connectivity index (χ0v) is 8.44. The van der Waals surface area contributed by atoms with Gasteiger partial charge in [-0.3, -0.25) is 9.97 Å². The van der Waals surface area contributed by atoms with Crippen molar-refractivity contribution >= 4 is 21.7 Å². The van der Waals surface area contributed by atoms with Crippen LogP contribution < -0.4 is 0 Å². The first-order chi connectivity index (χ1) is 7.36. The highest BCUT2D eigenvalue weighted by Crippen LogP contribution is 2.23. The number of aryl methyl sites for hydroxylation is 1. The molecule has 0 saturated heterocycles. The minimum absolute atomic E-state index is 0.984. The van der Waals surface area contributed by atoms with Crippen LogP contribution in [0.2, 0.25) is 0 Å². The van der Waals surface area contributed by atoms with Crippen LogP contribution in [0.3, 0.4) is 0 Å². The molecule has 15 heavy (non-hydrogen) atoms. The van der Waals surface area contributed by atoms with Gasteiger partial charge in [0.05, 0.1) is 11.2 Å². The van der Waals surface area contributed by atoms with Gasteiger partial charge in [-0.1, -0.05) is 24.3 Å². The van der Waals surface area contributed by atoms with E-state index in [1.165, 1.54) is 16.2 Å². The molecule has 0 N–H and O–H groups in total. The van der Waals surface area contributed by atoms with Gasteiger partial charge < -0.3 is 0 Å². The highest BCUT2D eigenvalue weighted by atomic mass is 14.7. The van der Waals surface area contributed by atoms with E-state index in [4.69, 9.17) is 0 Å².